The molecule has 7 heteroatoms. The lowest BCUT2D eigenvalue weighted by Crippen LogP contribution is -2.30. The summed E-state index contributed by atoms with van der Waals surface area (Å²) in [7, 11) is -3.54. The number of allylic oxidation sites excluding steroid dienone is 1. The summed E-state index contributed by atoms with van der Waals surface area (Å²) in [6, 6.07) is 4.44. The molecule has 150 valence electrons. The van der Waals surface area contributed by atoms with Gasteiger partial charge in [0.25, 0.3) is 5.91 Å². The standard InChI is InChI=1S/C20H30N2O4S/c1-15(2)22-27(24,25)18-9-10-19(16(3)13-18)26-14-20(23)21-12-11-17-7-5-4-6-8-17/h7,9-10,13,15,22H,4-6,8,11-12,14H2,1-3H3,(H,21,23). The number of carbonyl (C=O) groups is 1. The van der Waals surface area contributed by atoms with E-state index in [2.05, 4.69) is 16.1 Å². The van der Waals surface area contributed by atoms with Crippen molar-refractivity contribution in [1.82, 2.24) is 10.0 Å². The SMILES string of the molecule is Cc1cc(S(=O)(=O)NC(C)C)ccc1OCC(=O)NCCC1=CCCCC1. The molecule has 0 radical (unpaired) electrons. The van der Waals surface area contributed by atoms with Gasteiger partial charge in [0.05, 0.1) is 4.90 Å². The van der Waals surface area contributed by atoms with E-state index in [0.717, 1.165) is 19.3 Å². The lowest BCUT2D eigenvalue weighted by Gasteiger charge is -2.14. The van der Waals surface area contributed by atoms with Crippen LogP contribution in [0.3, 0.4) is 0 Å². The van der Waals surface area contributed by atoms with Crippen molar-refractivity contribution >= 4 is 15.9 Å². The molecule has 1 aromatic carbocycles. The van der Waals surface area contributed by atoms with E-state index in [1.54, 1.807) is 32.9 Å². The molecule has 0 atom stereocenters. The van der Waals surface area contributed by atoms with Crippen LogP contribution in [0, 0.1) is 6.92 Å². The van der Waals surface area contributed by atoms with Crippen LogP contribution in [-0.2, 0) is 14.8 Å². The summed E-state index contributed by atoms with van der Waals surface area (Å²) in [6.45, 7) is 5.83. The molecule has 1 aliphatic carbocycles. The van der Waals surface area contributed by atoms with E-state index in [0.29, 0.717) is 17.9 Å². The predicted molar refractivity (Wildman–Crippen MR) is 106 cm³/mol. The van der Waals surface area contributed by atoms with Gasteiger partial charge in [-0.25, -0.2) is 13.1 Å². The van der Waals surface area contributed by atoms with Crippen molar-refractivity contribution in [2.24, 2.45) is 0 Å². The minimum atomic E-state index is -3.54. The summed E-state index contributed by atoms with van der Waals surface area (Å²) in [5.41, 5.74) is 2.09. The van der Waals surface area contributed by atoms with Crippen LogP contribution >= 0.6 is 0 Å². The molecule has 0 spiro atoms. The summed E-state index contributed by atoms with van der Waals surface area (Å²) in [5.74, 6) is 0.326. The Kier molecular flexibility index (Phi) is 7.86. The van der Waals surface area contributed by atoms with Crippen molar-refractivity contribution in [3.8, 4) is 5.75 Å². The summed E-state index contributed by atoms with van der Waals surface area (Å²) >= 11 is 0. The third-order valence-electron chi connectivity index (χ3n) is 4.36. The van der Waals surface area contributed by atoms with E-state index in [1.165, 1.54) is 24.5 Å². The summed E-state index contributed by atoms with van der Waals surface area (Å²) in [5, 5.41) is 2.87. The number of hydrogen-bond donors (Lipinski definition) is 2. The van der Waals surface area contributed by atoms with Gasteiger partial charge < -0.3 is 10.1 Å². The van der Waals surface area contributed by atoms with Crippen molar-refractivity contribution < 1.29 is 17.9 Å². The van der Waals surface area contributed by atoms with Crippen molar-refractivity contribution in [2.45, 2.75) is 63.8 Å². The van der Waals surface area contributed by atoms with E-state index >= 15 is 0 Å². The van der Waals surface area contributed by atoms with Gasteiger partial charge >= 0.3 is 0 Å². The van der Waals surface area contributed by atoms with Crippen molar-refractivity contribution in [2.75, 3.05) is 13.2 Å². The molecule has 0 aliphatic heterocycles. The van der Waals surface area contributed by atoms with E-state index in [1.807, 2.05) is 0 Å². The molecular weight excluding hydrogens is 364 g/mol. The van der Waals surface area contributed by atoms with Crippen LogP contribution in [0.4, 0.5) is 0 Å². The van der Waals surface area contributed by atoms with Gasteiger partial charge in [0, 0.05) is 12.6 Å². The van der Waals surface area contributed by atoms with Gasteiger partial charge in [0.2, 0.25) is 10.0 Å². The normalized spacial score (nSPS) is 14.7. The quantitative estimate of drug-likeness (QED) is 0.631. The largest absolute Gasteiger partial charge is 0.484 e. The zero-order valence-electron chi connectivity index (χ0n) is 16.4. The van der Waals surface area contributed by atoms with Crippen LogP contribution in [0.1, 0.15) is 51.5 Å². The number of ether oxygens (including phenoxy) is 1. The number of carbonyl (C=O) groups excluding carboxylic acids is 1. The Bertz CT molecular complexity index is 785. The van der Waals surface area contributed by atoms with Crippen LogP contribution < -0.4 is 14.8 Å². The Hall–Kier alpha value is -1.86. The average molecular weight is 395 g/mol. The summed E-state index contributed by atoms with van der Waals surface area (Å²) in [4.78, 5) is 12.1. The van der Waals surface area contributed by atoms with E-state index in [4.69, 9.17) is 4.74 Å². The number of hydrogen-bond acceptors (Lipinski definition) is 4. The van der Waals surface area contributed by atoms with Crippen molar-refractivity contribution in [1.29, 1.82) is 0 Å². The maximum absolute atomic E-state index is 12.2. The monoisotopic (exact) mass is 394 g/mol. The molecule has 1 amide bonds. The molecule has 0 saturated carbocycles. The highest BCUT2D eigenvalue weighted by atomic mass is 32.2. The first-order valence-electron chi connectivity index (χ1n) is 9.48. The molecule has 0 unspecified atom stereocenters. The first-order chi connectivity index (χ1) is 12.8. The fraction of sp³-hybridized carbons (Fsp3) is 0.550. The molecule has 27 heavy (non-hydrogen) atoms. The molecule has 1 aromatic rings. The smallest absolute Gasteiger partial charge is 0.257 e. The number of sulfonamides is 1. The van der Waals surface area contributed by atoms with Crippen molar-refractivity contribution in [3.05, 3.63) is 35.4 Å². The Balaban J connectivity index is 1.83. The van der Waals surface area contributed by atoms with Gasteiger partial charge in [0.1, 0.15) is 5.75 Å². The van der Waals surface area contributed by atoms with Crippen LogP contribution in [0.2, 0.25) is 0 Å². The molecule has 0 aromatic heterocycles. The van der Waals surface area contributed by atoms with Gasteiger partial charge in [-0.05, 0) is 76.6 Å². The Labute approximate surface area is 162 Å². The maximum atomic E-state index is 12.2. The van der Waals surface area contributed by atoms with Crippen LogP contribution in [-0.4, -0.2) is 33.5 Å². The molecule has 0 fully saturated rings. The highest BCUT2D eigenvalue weighted by Crippen LogP contribution is 2.22. The molecule has 6 nitrogen and oxygen atoms in total. The third-order valence-corrected chi connectivity index (χ3v) is 6.02. The molecule has 0 saturated heterocycles. The third kappa shape index (κ3) is 6.99. The van der Waals surface area contributed by atoms with Crippen molar-refractivity contribution in [3.63, 3.8) is 0 Å². The average Bonchev–Trinajstić information content (AvgIpc) is 2.60. The van der Waals surface area contributed by atoms with E-state index < -0.39 is 10.0 Å². The van der Waals surface area contributed by atoms with Gasteiger partial charge in [0.15, 0.2) is 6.61 Å². The second-order valence-electron chi connectivity index (χ2n) is 7.20. The first kappa shape index (κ1) is 21.4. The number of aryl methyl sites for hydroxylation is 1. The Morgan fingerprint density at radius 1 is 1.26 bits per heavy atom. The van der Waals surface area contributed by atoms with Gasteiger partial charge in [-0.15, -0.1) is 0 Å². The molecule has 2 N–H and O–H groups in total. The Morgan fingerprint density at radius 3 is 2.67 bits per heavy atom. The lowest BCUT2D eigenvalue weighted by atomic mass is 9.97. The number of amides is 1. The lowest BCUT2D eigenvalue weighted by molar-refractivity contribution is -0.123. The summed E-state index contributed by atoms with van der Waals surface area (Å²) in [6.07, 6.45) is 7.94. The highest BCUT2D eigenvalue weighted by Gasteiger charge is 2.17. The number of benzene rings is 1. The van der Waals surface area contributed by atoms with E-state index in [-0.39, 0.29) is 23.5 Å². The number of nitrogens with one attached hydrogen (secondary N) is 2. The first-order valence-corrected chi connectivity index (χ1v) is 11.0. The van der Waals surface area contributed by atoms with Gasteiger partial charge in [-0.2, -0.15) is 0 Å². The second-order valence-corrected chi connectivity index (χ2v) is 8.91. The zero-order valence-corrected chi connectivity index (χ0v) is 17.2. The fourth-order valence-corrected chi connectivity index (χ4v) is 4.35. The maximum Gasteiger partial charge on any atom is 0.257 e. The molecule has 0 heterocycles. The summed E-state index contributed by atoms with van der Waals surface area (Å²) < 4.78 is 32.5. The zero-order chi connectivity index (χ0) is 19.9. The minimum Gasteiger partial charge on any atom is -0.484 e. The Morgan fingerprint density at radius 2 is 2.04 bits per heavy atom. The van der Waals surface area contributed by atoms with Crippen LogP contribution in [0.25, 0.3) is 0 Å². The minimum absolute atomic E-state index is 0.0871. The van der Waals surface area contributed by atoms with Gasteiger partial charge in [-0.1, -0.05) is 11.6 Å². The van der Waals surface area contributed by atoms with Crippen LogP contribution in [0.15, 0.2) is 34.7 Å². The number of rotatable bonds is 9. The molecular formula is C20H30N2O4S. The molecule has 1 aliphatic rings. The fourth-order valence-electron chi connectivity index (χ4n) is 3.02. The predicted octanol–water partition coefficient (Wildman–Crippen LogP) is 3.07. The van der Waals surface area contributed by atoms with Gasteiger partial charge in [-0.3, -0.25) is 4.79 Å². The highest BCUT2D eigenvalue weighted by molar-refractivity contribution is 7.89. The topological polar surface area (TPSA) is 84.5 Å². The van der Waals surface area contributed by atoms with E-state index in [9.17, 15) is 13.2 Å². The van der Waals surface area contributed by atoms with Crippen LogP contribution in [0.5, 0.6) is 5.75 Å². The molecule has 2 rings (SSSR count). The second kappa shape index (κ2) is 9.90. The molecule has 0 bridgehead atoms.